The third kappa shape index (κ3) is 6.44. The van der Waals surface area contributed by atoms with Crippen LogP contribution in [-0.4, -0.2) is 17.7 Å². The zero-order valence-corrected chi connectivity index (χ0v) is 13.3. The molecule has 1 aromatic rings. The lowest BCUT2D eigenvalue weighted by Gasteiger charge is -2.20. The lowest BCUT2D eigenvalue weighted by atomic mass is 9.84. The molecule has 0 amide bonds. The van der Waals surface area contributed by atoms with Crippen molar-refractivity contribution in [2.75, 3.05) is 6.61 Å². The van der Waals surface area contributed by atoms with E-state index in [2.05, 4.69) is 19.6 Å². The third-order valence-electron chi connectivity index (χ3n) is 3.41. The highest BCUT2D eigenvalue weighted by Gasteiger charge is 2.15. The fraction of sp³-hybridized carbons (Fsp3) is 0.316. The van der Waals surface area contributed by atoms with E-state index in [4.69, 9.17) is 4.74 Å². The summed E-state index contributed by atoms with van der Waals surface area (Å²) < 4.78 is 4.84. The van der Waals surface area contributed by atoms with Gasteiger partial charge in [0, 0.05) is 11.5 Å². The summed E-state index contributed by atoms with van der Waals surface area (Å²) in [5, 5.41) is 9.27. The van der Waals surface area contributed by atoms with Crippen LogP contribution in [0.5, 0.6) is 5.75 Å². The second-order valence-electron chi connectivity index (χ2n) is 5.33. The lowest BCUT2D eigenvalue weighted by Crippen LogP contribution is -2.08. The Hall–Kier alpha value is -2.29. The molecule has 0 fully saturated rings. The average molecular weight is 300 g/mol. The standard InChI is InChI=1S/C19H24O3/c1-4-19(3,14-7-6-8-18(21)22-5-2)15-13-16-9-11-17(20)12-10-16/h4,6,8-13,15,20H,1,5,7,14H2,2-3H3/b8-6+,15-13+/t19-/m1/s1. The van der Waals surface area contributed by atoms with Crippen molar-refractivity contribution in [3.63, 3.8) is 0 Å². The predicted octanol–water partition coefficient (Wildman–Crippen LogP) is 4.50. The summed E-state index contributed by atoms with van der Waals surface area (Å²) in [6.07, 6.45) is 10.9. The summed E-state index contributed by atoms with van der Waals surface area (Å²) in [6.45, 7) is 8.17. The smallest absolute Gasteiger partial charge is 0.330 e. The van der Waals surface area contributed by atoms with Crippen LogP contribution in [0.1, 0.15) is 32.3 Å². The van der Waals surface area contributed by atoms with E-state index in [0.717, 1.165) is 18.4 Å². The van der Waals surface area contributed by atoms with Gasteiger partial charge in [0.05, 0.1) is 6.61 Å². The van der Waals surface area contributed by atoms with Gasteiger partial charge >= 0.3 is 5.97 Å². The molecular weight excluding hydrogens is 276 g/mol. The molecule has 0 aliphatic carbocycles. The van der Waals surface area contributed by atoms with Crippen molar-refractivity contribution in [3.8, 4) is 5.75 Å². The van der Waals surface area contributed by atoms with Crippen LogP contribution in [0, 0.1) is 5.41 Å². The van der Waals surface area contributed by atoms with Gasteiger partial charge in [-0.25, -0.2) is 4.79 Å². The number of hydrogen-bond donors (Lipinski definition) is 1. The molecule has 0 aromatic heterocycles. The Balaban J connectivity index is 2.58. The topological polar surface area (TPSA) is 46.5 Å². The van der Waals surface area contributed by atoms with Gasteiger partial charge in [-0.2, -0.15) is 0 Å². The minimum Gasteiger partial charge on any atom is -0.508 e. The number of benzene rings is 1. The van der Waals surface area contributed by atoms with Crippen molar-refractivity contribution in [2.24, 2.45) is 5.41 Å². The maximum absolute atomic E-state index is 11.2. The second kappa shape index (κ2) is 8.88. The monoisotopic (exact) mass is 300 g/mol. The van der Waals surface area contributed by atoms with E-state index in [0.29, 0.717) is 6.61 Å². The van der Waals surface area contributed by atoms with E-state index in [-0.39, 0.29) is 17.1 Å². The molecule has 0 heterocycles. The summed E-state index contributed by atoms with van der Waals surface area (Å²) in [7, 11) is 0. The van der Waals surface area contributed by atoms with Crippen LogP contribution in [0.4, 0.5) is 0 Å². The number of aromatic hydroxyl groups is 1. The first-order valence-electron chi connectivity index (χ1n) is 7.44. The number of carbonyl (C=O) groups is 1. The molecule has 1 aromatic carbocycles. The molecule has 0 saturated heterocycles. The second-order valence-corrected chi connectivity index (χ2v) is 5.33. The summed E-state index contributed by atoms with van der Waals surface area (Å²) in [6, 6.07) is 7.03. The van der Waals surface area contributed by atoms with Gasteiger partial charge in [0.15, 0.2) is 0 Å². The molecule has 1 atom stereocenters. The largest absolute Gasteiger partial charge is 0.508 e. The fourth-order valence-corrected chi connectivity index (χ4v) is 1.89. The average Bonchev–Trinajstić information content (AvgIpc) is 2.51. The van der Waals surface area contributed by atoms with Crippen LogP contribution in [-0.2, 0) is 9.53 Å². The van der Waals surface area contributed by atoms with Gasteiger partial charge in [-0.15, -0.1) is 6.58 Å². The van der Waals surface area contributed by atoms with E-state index < -0.39 is 0 Å². The number of carbonyl (C=O) groups excluding carboxylic acids is 1. The van der Waals surface area contributed by atoms with E-state index in [1.807, 2.05) is 30.4 Å². The van der Waals surface area contributed by atoms with Crippen LogP contribution in [0.25, 0.3) is 6.08 Å². The predicted molar refractivity (Wildman–Crippen MR) is 90.5 cm³/mol. The molecule has 3 nitrogen and oxygen atoms in total. The molecule has 22 heavy (non-hydrogen) atoms. The van der Waals surface area contributed by atoms with Crippen molar-refractivity contribution in [2.45, 2.75) is 26.7 Å². The van der Waals surface area contributed by atoms with E-state index >= 15 is 0 Å². The number of esters is 1. The maximum atomic E-state index is 11.2. The Kier molecular flexibility index (Phi) is 7.17. The van der Waals surface area contributed by atoms with E-state index in [9.17, 15) is 9.90 Å². The summed E-state index contributed by atoms with van der Waals surface area (Å²) in [5.41, 5.74) is 0.865. The highest BCUT2D eigenvalue weighted by Crippen LogP contribution is 2.28. The van der Waals surface area contributed by atoms with Crippen molar-refractivity contribution in [3.05, 3.63) is 60.7 Å². The lowest BCUT2D eigenvalue weighted by molar-refractivity contribution is -0.137. The minimum atomic E-state index is -0.303. The molecule has 0 aliphatic rings. The number of allylic oxidation sites excluding steroid dienone is 3. The third-order valence-corrected chi connectivity index (χ3v) is 3.41. The first kappa shape index (κ1) is 17.8. The number of hydrogen-bond acceptors (Lipinski definition) is 3. The number of rotatable bonds is 8. The van der Waals surface area contributed by atoms with Gasteiger partial charge in [-0.1, -0.05) is 43.4 Å². The van der Waals surface area contributed by atoms with Crippen LogP contribution >= 0.6 is 0 Å². The molecule has 0 saturated carbocycles. The Morgan fingerprint density at radius 1 is 1.36 bits per heavy atom. The molecular formula is C19H24O3. The van der Waals surface area contributed by atoms with Gasteiger partial charge in [0.1, 0.15) is 5.75 Å². The van der Waals surface area contributed by atoms with Crippen molar-refractivity contribution in [1.29, 1.82) is 0 Å². The van der Waals surface area contributed by atoms with E-state index in [1.165, 1.54) is 6.08 Å². The van der Waals surface area contributed by atoms with Gasteiger partial charge in [0.25, 0.3) is 0 Å². The number of phenolic OH excluding ortho intramolecular Hbond substituents is 1. The molecule has 0 spiro atoms. The molecule has 118 valence electrons. The Morgan fingerprint density at radius 2 is 2.05 bits per heavy atom. The summed E-state index contributed by atoms with van der Waals surface area (Å²) in [5.74, 6) is -0.0461. The first-order chi connectivity index (χ1) is 10.5. The molecule has 0 bridgehead atoms. The number of phenols is 1. The van der Waals surface area contributed by atoms with Crippen LogP contribution in [0.3, 0.4) is 0 Å². The Bertz CT molecular complexity index is 540. The van der Waals surface area contributed by atoms with Crippen molar-refractivity contribution in [1.82, 2.24) is 0 Å². The Labute approximate surface area is 132 Å². The normalized spacial score (nSPS) is 14.1. The van der Waals surface area contributed by atoms with Crippen LogP contribution in [0.15, 0.2) is 55.1 Å². The summed E-state index contributed by atoms with van der Waals surface area (Å²) in [4.78, 5) is 11.2. The van der Waals surface area contributed by atoms with E-state index in [1.54, 1.807) is 19.1 Å². The molecule has 0 unspecified atom stereocenters. The zero-order valence-electron chi connectivity index (χ0n) is 13.3. The van der Waals surface area contributed by atoms with Gasteiger partial charge < -0.3 is 9.84 Å². The van der Waals surface area contributed by atoms with Crippen LogP contribution in [0.2, 0.25) is 0 Å². The molecule has 0 radical (unpaired) electrons. The SMILES string of the molecule is C=C[C@@](C)(/C=C/c1ccc(O)cc1)CC/C=C/C(=O)OCC. The minimum absolute atomic E-state index is 0.156. The van der Waals surface area contributed by atoms with Gasteiger partial charge in [-0.05, 0) is 37.5 Å². The quantitative estimate of drug-likeness (QED) is 0.437. The highest BCUT2D eigenvalue weighted by atomic mass is 16.5. The molecule has 3 heteroatoms. The summed E-state index contributed by atoms with van der Waals surface area (Å²) >= 11 is 0. The number of ether oxygens (including phenoxy) is 1. The molecule has 0 aliphatic heterocycles. The Morgan fingerprint density at radius 3 is 2.64 bits per heavy atom. The van der Waals surface area contributed by atoms with Gasteiger partial charge in [0.2, 0.25) is 0 Å². The fourth-order valence-electron chi connectivity index (χ4n) is 1.89. The maximum Gasteiger partial charge on any atom is 0.330 e. The first-order valence-corrected chi connectivity index (χ1v) is 7.44. The molecule has 1 N–H and O–H groups in total. The van der Waals surface area contributed by atoms with Gasteiger partial charge in [-0.3, -0.25) is 0 Å². The van der Waals surface area contributed by atoms with Crippen LogP contribution < -0.4 is 0 Å². The highest BCUT2D eigenvalue weighted by molar-refractivity contribution is 5.81. The van der Waals surface area contributed by atoms with Crippen molar-refractivity contribution < 1.29 is 14.6 Å². The zero-order chi connectivity index (χ0) is 16.4. The molecule has 1 rings (SSSR count). The van der Waals surface area contributed by atoms with Crippen molar-refractivity contribution >= 4 is 12.0 Å².